The van der Waals surface area contributed by atoms with E-state index in [0.29, 0.717) is 61.8 Å². The second-order valence-corrected chi connectivity index (χ2v) is 14.3. The van der Waals surface area contributed by atoms with Gasteiger partial charge >= 0.3 is 12.4 Å². The maximum absolute atomic E-state index is 14.3. The molecule has 0 fully saturated rings. The third-order valence-electron chi connectivity index (χ3n) is 10.5. The summed E-state index contributed by atoms with van der Waals surface area (Å²) in [5.74, 6) is 0.314. The maximum Gasteiger partial charge on any atom is 0.416 e. The summed E-state index contributed by atoms with van der Waals surface area (Å²) in [6.45, 7) is 0. The van der Waals surface area contributed by atoms with Gasteiger partial charge < -0.3 is 4.57 Å². The Bertz CT molecular complexity index is 3040. The molecule has 9 rings (SSSR count). The van der Waals surface area contributed by atoms with Crippen LogP contribution in [0.25, 0.3) is 83.6 Å². The van der Waals surface area contributed by atoms with Gasteiger partial charge in [-0.3, -0.25) is 0 Å². The lowest BCUT2D eigenvalue weighted by atomic mass is 9.91. The van der Waals surface area contributed by atoms with Gasteiger partial charge in [0.05, 0.1) is 62.5 Å². The summed E-state index contributed by atoms with van der Waals surface area (Å²) in [5.41, 5.74) is 4.68. The highest BCUT2D eigenvalue weighted by Crippen LogP contribution is 2.46. The van der Waals surface area contributed by atoms with E-state index in [9.17, 15) is 36.9 Å². The minimum Gasteiger partial charge on any atom is -0.308 e. The molecule has 11 heteroatoms. The largest absolute Gasteiger partial charge is 0.416 e. The molecule has 294 valence electrons. The number of nitriles is 2. The van der Waals surface area contributed by atoms with Gasteiger partial charge in [-0.1, -0.05) is 84.9 Å². The van der Waals surface area contributed by atoms with Gasteiger partial charge in [-0.2, -0.15) is 36.9 Å². The second kappa shape index (κ2) is 15.0. The molecule has 0 radical (unpaired) electrons. The van der Waals surface area contributed by atoms with Crippen molar-refractivity contribution in [2.24, 2.45) is 0 Å². The Labute approximate surface area is 344 Å². The van der Waals surface area contributed by atoms with E-state index < -0.39 is 23.5 Å². The first kappa shape index (κ1) is 38.5. The highest BCUT2D eigenvalue weighted by molar-refractivity contribution is 6.11. The highest BCUT2D eigenvalue weighted by Gasteiger charge is 2.34. The van der Waals surface area contributed by atoms with Crippen molar-refractivity contribution in [3.8, 4) is 74.0 Å². The van der Waals surface area contributed by atoms with Crippen LogP contribution >= 0.6 is 0 Å². The quantitative estimate of drug-likeness (QED) is 0.157. The monoisotopic (exact) mass is 811 g/mol. The lowest BCUT2D eigenvalue weighted by molar-refractivity contribution is -0.138. The van der Waals surface area contributed by atoms with Crippen molar-refractivity contribution >= 4 is 21.8 Å². The maximum atomic E-state index is 14.3. The third kappa shape index (κ3) is 7.23. The van der Waals surface area contributed by atoms with Gasteiger partial charge in [-0.15, -0.1) is 0 Å². The molecule has 0 aliphatic carbocycles. The van der Waals surface area contributed by atoms with E-state index in [4.69, 9.17) is 9.97 Å². The molecule has 5 nitrogen and oxygen atoms in total. The number of hydrogen-bond acceptors (Lipinski definition) is 4. The van der Waals surface area contributed by atoms with Crippen LogP contribution in [0.2, 0.25) is 0 Å². The molecule has 0 bridgehead atoms. The summed E-state index contributed by atoms with van der Waals surface area (Å²) < 4.78 is 87.2. The molecule has 0 amide bonds. The van der Waals surface area contributed by atoms with E-state index in [1.54, 1.807) is 53.1 Å². The van der Waals surface area contributed by atoms with Gasteiger partial charge in [0.1, 0.15) is 0 Å². The van der Waals surface area contributed by atoms with Gasteiger partial charge in [0.25, 0.3) is 0 Å². The van der Waals surface area contributed by atoms with E-state index in [1.165, 1.54) is 12.1 Å². The Morgan fingerprint density at radius 3 is 1.26 bits per heavy atom. The minimum absolute atomic E-state index is 0.0557. The standard InChI is InChI=1S/C50H27F6N5/c51-49(52,53)37-17-19-45-41(25-37)42-26-38(50(54,55)56)18-20-46(42)61(45)47-39(34-15-7-9-30(21-34)28-57)23-36(24-40(47)35-16-8-10-31(22-35)29-58)48-59-43(32-11-3-1-4-12-32)27-44(60-48)33-13-5-2-6-14-33/h1-27H. The van der Waals surface area contributed by atoms with Crippen LogP contribution in [0.4, 0.5) is 26.3 Å². The zero-order chi connectivity index (χ0) is 42.5. The Hall–Kier alpha value is -8.02. The molecule has 0 aliphatic rings. The van der Waals surface area contributed by atoms with Crippen molar-refractivity contribution in [1.82, 2.24) is 14.5 Å². The predicted molar refractivity (Wildman–Crippen MR) is 223 cm³/mol. The topological polar surface area (TPSA) is 78.3 Å². The van der Waals surface area contributed by atoms with Crippen LogP contribution < -0.4 is 0 Å². The summed E-state index contributed by atoms with van der Waals surface area (Å²) in [6.07, 6.45) is -9.57. The molecule has 0 N–H and O–H groups in total. The number of rotatable bonds is 6. The fourth-order valence-electron chi connectivity index (χ4n) is 7.66. The van der Waals surface area contributed by atoms with Crippen LogP contribution in [0, 0.1) is 22.7 Å². The molecule has 0 saturated heterocycles. The Balaban J connectivity index is 1.45. The van der Waals surface area contributed by atoms with Crippen molar-refractivity contribution in [2.45, 2.75) is 12.4 Å². The van der Waals surface area contributed by atoms with Gasteiger partial charge in [0.15, 0.2) is 5.82 Å². The van der Waals surface area contributed by atoms with Crippen LogP contribution in [-0.4, -0.2) is 14.5 Å². The molecule has 61 heavy (non-hydrogen) atoms. The van der Waals surface area contributed by atoms with E-state index in [0.717, 1.165) is 35.4 Å². The van der Waals surface area contributed by atoms with Crippen LogP contribution in [0.1, 0.15) is 22.3 Å². The van der Waals surface area contributed by atoms with Crippen LogP contribution in [0.15, 0.2) is 164 Å². The second-order valence-electron chi connectivity index (χ2n) is 14.3. The summed E-state index contributed by atoms with van der Waals surface area (Å²) >= 11 is 0. The molecule has 7 aromatic carbocycles. The number of halogens is 6. The number of benzene rings is 7. The smallest absolute Gasteiger partial charge is 0.308 e. The van der Waals surface area contributed by atoms with Gasteiger partial charge in [0.2, 0.25) is 0 Å². The summed E-state index contributed by atoms with van der Waals surface area (Å²) in [6, 6.07) is 48.5. The first-order chi connectivity index (χ1) is 29.4. The number of hydrogen-bond donors (Lipinski definition) is 0. The van der Waals surface area contributed by atoms with Crippen molar-refractivity contribution in [1.29, 1.82) is 10.5 Å². The molecule has 0 unspecified atom stereocenters. The zero-order valence-corrected chi connectivity index (χ0v) is 31.6. The lowest BCUT2D eigenvalue weighted by Crippen LogP contribution is -2.05. The molecule has 2 heterocycles. The molecular weight excluding hydrogens is 785 g/mol. The predicted octanol–water partition coefficient (Wildman–Crippen LogP) is 13.7. The fourth-order valence-corrected chi connectivity index (χ4v) is 7.66. The van der Waals surface area contributed by atoms with E-state index >= 15 is 0 Å². The van der Waals surface area contributed by atoms with Gasteiger partial charge in [-0.25, -0.2) is 9.97 Å². The number of aromatic nitrogens is 3. The first-order valence-corrected chi connectivity index (χ1v) is 18.8. The van der Waals surface area contributed by atoms with Crippen molar-refractivity contribution < 1.29 is 26.3 Å². The van der Waals surface area contributed by atoms with E-state index in [-0.39, 0.29) is 21.8 Å². The number of fused-ring (bicyclic) bond motifs is 3. The molecule has 9 aromatic rings. The third-order valence-corrected chi connectivity index (χ3v) is 10.5. The average molecular weight is 812 g/mol. The highest BCUT2D eigenvalue weighted by atomic mass is 19.4. The number of nitrogens with zero attached hydrogens (tertiary/aromatic N) is 5. The van der Waals surface area contributed by atoms with E-state index in [2.05, 4.69) is 12.1 Å². The Kier molecular flexibility index (Phi) is 9.45. The number of alkyl halides is 6. The molecule has 0 atom stereocenters. The summed E-state index contributed by atoms with van der Waals surface area (Å²) in [7, 11) is 0. The summed E-state index contributed by atoms with van der Waals surface area (Å²) in [5, 5.41) is 20.0. The minimum atomic E-state index is -4.79. The normalized spacial score (nSPS) is 11.7. The molecule has 2 aromatic heterocycles. The van der Waals surface area contributed by atoms with Crippen molar-refractivity contribution in [3.63, 3.8) is 0 Å². The van der Waals surface area contributed by atoms with Crippen molar-refractivity contribution in [3.05, 3.63) is 186 Å². The van der Waals surface area contributed by atoms with Gasteiger partial charge in [0, 0.05) is 38.6 Å². The first-order valence-electron chi connectivity index (χ1n) is 18.8. The van der Waals surface area contributed by atoms with Gasteiger partial charge in [-0.05, 0) is 90.0 Å². The Morgan fingerprint density at radius 2 is 0.852 bits per heavy atom. The molecule has 0 spiro atoms. The van der Waals surface area contributed by atoms with Crippen LogP contribution in [0.3, 0.4) is 0 Å². The zero-order valence-electron chi connectivity index (χ0n) is 31.6. The molecule has 0 saturated carbocycles. The molecular formula is C50H27F6N5. The lowest BCUT2D eigenvalue weighted by Gasteiger charge is -2.21. The fraction of sp³-hybridized carbons (Fsp3) is 0.0400. The van der Waals surface area contributed by atoms with Crippen molar-refractivity contribution in [2.75, 3.05) is 0 Å². The van der Waals surface area contributed by atoms with E-state index in [1.807, 2.05) is 78.9 Å². The van der Waals surface area contributed by atoms with Crippen LogP contribution in [-0.2, 0) is 12.4 Å². The SMILES string of the molecule is N#Cc1cccc(-c2cc(-c3nc(-c4ccccc4)cc(-c4ccccc4)n3)cc(-c3cccc(C#N)c3)c2-n2c3ccc(C(F)(F)F)cc3c3cc(C(F)(F)F)ccc32)c1. The van der Waals surface area contributed by atoms with Crippen LogP contribution in [0.5, 0.6) is 0 Å². The summed E-state index contributed by atoms with van der Waals surface area (Å²) in [4.78, 5) is 10.1. The molecule has 0 aliphatic heterocycles. The average Bonchev–Trinajstić information content (AvgIpc) is 3.61. The Morgan fingerprint density at radius 1 is 0.426 bits per heavy atom.